The number of aliphatic carboxylic acids is 1. The Bertz CT molecular complexity index is 433. The first kappa shape index (κ1) is 16.3. The molecule has 2 heterocycles. The number of hydrogen-bond acceptors (Lipinski definition) is 3. The van der Waals surface area contributed by atoms with Crippen LogP contribution in [-0.4, -0.2) is 46.0 Å². The number of carbonyl (C=O) groups is 1. The molecular weight excluding hydrogens is 289 g/mol. The van der Waals surface area contributed by atoms with Gasteiger partial charge in [0.1, 0.15) is 6.04 Å². The molecule has 1 saturated heterocycles. The summed E-state index contributed by atoms with van der Waals surface area (Å²) in [6.45, 7) is 0.373. The van der Waals surface area contributed by atoms with E-state index in [-0.39, 0.29) is 6.54 Å². The zero-order valence-corrected chi connectivity index (χ0v) is 10.1. The average molecular weight is 301 g/mol. The number of halogens is 5. The first-order valence-corrected chi connectivity index (χ1v) is 5.52. The third kappa shape index (κ3) is 4.44. The van der Waals surface area contributed by atoms with Crippen molar-refractivity contribution in [1.82, 2.24) is 15.1 Å². The van der Waals surface area contributed by atoms with Gasteiger partial charge in [0.05, 0.1) is 6.54 Å². The number of nitrogens with zero attached hydrogens (tertiary/aromatic N) is 2. The summed E-state index contributed by atoms with van der Waals surface area (Å²) in [5.74, 6) is -5.45. The molecule has 1 aromatic heterocycles. The number of rotatable bonds is 1. The van der Waals surface area contributed by atoms with E-state index >= 15 is 0 Å². The summed E-state index contributed by atoms with van der Waals surface area (Å²) < 4.78 is 59.7. The van der Waals surface area contributed by atoms with Gasteiger partial charge in [-0.15, -0.1) is 0 Å². The van der Waals surface area contributed by atoms with Crippen LogP contribution in [0.15, 0.2) is 18.5 Å². The topological polar surface area (TPSA) is 67.2 Å². The predicted octanol–water partition coefficient (Wildman–Crippen LogP) is 1.69. The standard InChI is InChI=1S/C8H11F2N3.C2HF3O2/c9-8(10)6-11-4-2-7(8)13-5-1-3-12-13;3-2(4,5)1(6)7/h1,3,5,7,11H,2,4,6H2;(H,6,7). The van der Waals surface area contributed by atoms with E-state index in [1.807, 2.05) is 0 Å². The summed E-state index contributed by atoms with van der Waals surface area (Å²) in [4.78, 5) is 8.90. The second kappa shape index (κ2) is 6.16. The second-order valence-electron chi connectivity index (χ2n) is 4.03. The summed E-state index contributed by atoms with van der Waals surface area (Å²) in [6, 6.07) is 0.877. The fourth-order valence-corrected chi connectivity index (χ4v) is 1.61. The van der Waals surface area contributed by atoms with Crippen LogP contribution in [-0.2, 0) is 4.79 Å². The van der Waals surface area contributed by atoms with E-state index in [1.54, 1.807) is 12.3 Å². The highest BCUT2D eigenvalue weighted by atomic mass is 19.4. The highest BCUT2D eigenvalue weighted by Gasteiger charge is 2.43. The van der Waals surface area contributed by atoms with E-state index in [0.717, 1.165) is 0 Å². The molecule has 1 fully saturated rings. The minimum Gasteiger partial charge on any atom is -0.475 e. The van der Waals surface area contributed by atoms with Crippen LogP contribution in [0, 0.1) is 0 Å². The van der Waals surface area contributed by atoms with Gasteiger partial charge in [0.15, 0.2) is 0 Å². The van der Waals surface area contributed by atoms with Crippen LogP contribution < -0.4 is 5.32 Å². The van der Waals surface area contributed by atoms with Gasteiger partial charge in [0.2, 0.25) is 0 Å². The fourth-order valence-electron chi connectivity index (χ4n) is 1.61. The van der Waals surface area contributed by atoms with Crippen molar-refractivity contribution < 1.29 is 31.9 Å². The Balaban J connectivity index is 0.000000246. The average Bonchev–Trinajstić information content (AvgIpc) is 2.81. The smallest absolute Gasteiger partial charge is 0.475 e. The highest BCUT2D eigenvalue weighted by Crippen LogP contribution is 2.32. The molecule has 20 heavy (non-hydrogen) atoms. The Morgan fingerprint density at radius 3 is 2.45 bits per heavy atom. The largest absolute Gasteiger partial charge is 0.490 e. The molecule has 1 atom stereocenters. The molecule has 1 aliphatic rings. The molecule has 10 heteroatoms. The Labute approximate surface area is 110 Å². The minimum absolute atomic E-state index is 0.252. The molecular formula is C10H12F5N3O2. The maximum Gasteiger partial charge on any atom is 0.490 e. The van der Waals surface area contributed by atoms with Crippen molar-refractivity contribution >= 4 is 5.97 Å². The second-order valence-corrected chi connectivity index (χ2v) is 4.03. The Hall–Kier alpha value is -1.71. The van der Waals surface area contributed by atoms with Crippen LogP contribution in [0.2, 0.25) is 0 Å². The van der Waals surface area contributed by atoms with Crippen LogP contribution >= 0.6 is 0 Å². The van der Waals surface area contributed by atoms with Gasteiger partial charge in [-0.3, -0.25) is 4.68 Å². The lowest BCUT2D eigenvalue weighted by atomic mass is 10.0. The molecule has 114 valence electrons. The summed E-state index contributed by atoms with van der Waals surface area (Å²) in [7, 11) is 0. The summed E-state index contributed by atoms with van der Waals surface area (Å²) in [6.07, 6.45) is -1.54. The van der Waals surface area contributed by atoms with Crippen molar-refractivity contribution in [3.8, 4) is 0 Å². The van der Waals surface area contributed by atoms with Crippen LogP contribution in [0.3, 0.4) is 0 Å². The van der Waals surface area contributed by atoms with E-state index < -0.39 is 24.1 Å². The maximum atomic E-state index is 13.3. The van der Waals surface area contributed by atoms with Crippen LogP contribution in [0.5, 0.6) is 0 Å². The number of nitrogens with one attached hydrogen (secondary N) is 1. The van der Waals surface area contributed by atoms with Gasteiger partial charge in [-0.2, -0.15) is 18.3 Å². The van der Waals surface area contributed by atoms with Gasteiger partial charge in [-0.05, 0) is 19.0 Å². The van der Waals surface area contributed by atoms with Crippen molar-refractivity contribution in [2.75, 3.05) is 13.1 Å². The first-order valence-electron chi connectivity index (χ1n) is 5.52. The number of carboxylic acid groups (broad SMARTS) is 1. The van der Waals surface area contributed by atoms with Crippen LogP contribution in [0.1, 0.15) is 12.5 Å². The molecule has 2 rings (SSSR count). The Kier molecular flexibility index (Phi) is 5.03. The molecule has 0 radical (unpaired) electrons. The van der Waals surface area contributed by atoms with E-state index in [9.17, 15) is 22.0 Å². The lowest BCUT2D eigenvalue weighted by molar-refractivity contribution is -0.192. The molecule has 1 aromatic rings. The summed E-state index contributed by atoms with van der Waals surface area (Å²) in [5, 5.41) is 13.6. The van der Waals surface area contributed by atoms with Crippen molar-refractivity contribution in [3.05, 3.63) is 18.5 Å². The Morgan fingerprint density at radius 2 is 2.05 bits per heavy atom. The molecule has 0 saturated carbocycles. The molecule has 1 unspecified atom stereocenters. The normalized spacial score (nSPS) is 21.8. The summed E-state index contributed by atoms with van der Waals surface area (Å²) in [5.41, 5.74) is 0. The maximum absolute atomic E-state index is 13.3. The van der Waals surface area contributed by atoms with E-state index in [1.165, 1.54) is 10.9 Å². The quantitative estimate of drug-likeness (QED) is 0.775. The summed E-state index contributed by atoms with van der Waals surface area (Å²) >= 11 is 0. The predicted molar refractivity (Wildman–Crippen MR) is 57.4 cm³/mol. The van der Waals surface area contributed by atoms with Crippen molar-refractivity contribution in [2.45, 2.75) is 24.6 Å². The molecule has 0 aliphatic carbocycles. The molecule has 0 amide bonds. The number of carboxylic acids is 1. The van der Waals surface area contributed by atoms with Gasteiger partial charge < -0.3 is 10.4 Å². The van der Waals surface area contributed by atoms with Gasteiger partial charge in [0.25, 0.3) is 5.92 Å². The van der Waals surface area contributed by atoms with Crippen LogP contribution in [0.25, 0.3) is 0 Å². The molecule has 2 N–H and O–H groups in total. The van der Waals surface area contributed by atoms with Gasteiger partial charge in [-0.1, -0.05) is 0 Å². The molecule has 5 nitrogen and oxygen atoms in total. The number of alkyl halides is 5. The highest BCUT2D eigenvalue weighted by molar-refractivity contribution is 5.73. The molecule has 0 aromatic carbocycles. The first-order chi connectivity index (χ1) is 9.14. The van der Waals surface area contributed by atoms with Crippen molar-refractivity contribution in [1.29, 1.82) is 0 Å². The molecule has 0 spiro atoms. The van der Waals surface area contributed by atoms with Crippen LogP contribution in [0.4, 0.5) is 22.0 Å². The number of piperidine rings is 1. The monoisotopic (exact) mass is 301 g/mol. The zero-order valence-electron chi connectivity index (χ0n) is 10.1. The van der Waals surface area contributed by atoms with Crippen molar-refractivity contribution in [2.24, 2.45) is 0 Å². The van der Waals surface area contributed by atoms with Gasteiger partial charge in [0, 0.05) is 12.4 Å². The van der Waals surface area contributed by atoms with E-state index in [2.05, 4.69) is 10.4 Å². The SMILES string of the molecule is FC1(F)CNCCC1n1cccn1.O=C(O)C(F)(F)F. The lowest BCUT2D eigenvalue weighted by Crippen LogP contribution is -2.47. The van der Waals surface area contributed by atoms with Crippen molar-refractivity contribution in [3.63, 3.8) is 0 Å². The number of aromatic nitrogens is 2. The lowest BCUT2D eigenvalue weighted by Gasteiger charge is -2.31. The fraction of sp³-hybridized carbons (Fsp3) is 0.600. The molecule has 1 aliphatic heterocycles. The third-order valence-corrected chi connectivity index (χ3v) is 2.53. The van der Waals surface area contributed by atoms with Gasteiger partial charge in [-0.25, -0.2) is 13.6 Å². The minimum atomic E-state index is -5.08. The van der Waals surface area contributed by atoms with Gasteiger partial charge >= 0.3 is 12.1 Å². The van der Waals surface area contributed by atoms with E-state index in [4.69, 9.17) is 9.90 Å². The zero-order chi connectivity index (χ0) is 15.4. The molecule has 0 bridgehead atoms. The third-order valence-electron chi connectivity index (χ3n) is 2.53. The Morgan fingerprint density at radius 1 is 1.45 bits per heavy atom. The number of hydrogen-bond donors (Lipinski definition) is 2. The van der Waals surface area contributed by atoms with E-state index in [0.29, 0.717) is 13.0 Å².